The Balaban J connectivity index is 1.57. The second-order valence-electron chi connectivity index (χ2n) is 6.51. The topological polar surface area (TPSA) is 66.8 Å². The van der Waals surface area contributed by atoms with E-state index in [4.69, 9.17) is 0 Å². The van der Waals surface area contributed by atoms with Gasteiger partial charge < -0.3 is 0 Å². The van der Waals surface area contributed by atoms with Crippen LogP contribution in [-0.2, 0) is 6.54 Å². The maximum absolute atomic E-state index is 12.3. The molecule has 3 aromatic rings. The maximum Gasteiger partial charge on any atom is 0.347 e. The molecule has 1 unspecified atom stereocenters. The summed E-state index contributed by atoms with van der Waals surface area (Å²) in [6.07, 6.45) is 2.15. The fraction of sp³-hybridized carbons (Fsp3) is 0.389. The Morgan fingerprint density at radius 2 is 2.16 bits per heavy atom. The lowest BCUT2D eigenvalue weighted by atomic mass is 9.97. The quantitative estimate of drug-likeness (QED) is 0.781. The minimum Gasteiger partial charge on any atom is -0.296 e. The molecule has 1 fully saturated rings. The normalized spacial score (nSPS) is 18.5. The van der Waals surface area contributed by atoms with E-state index < -0.39 is 0 Å². The molecular formula is C18H21N5OS. The monoisotopic (exact) mass is 355 g/mol. The summed E-state index contributed by atoms with van der Waals surface area (Å²) in [7, 11) is 0. The van der Waals surface area contributed by atoms with Gasteiger partial charge in [-0.15, -0.1) is 11.3 Å². The van der Waals surface area contributed by atoms with Gasteiger partial charge in [0, 0.05) is 23.5 Å². The zero-order valence-electron chi connectivity index (χ0n) is 14.2. The van der Waals surface area contributed by atoms with Gasteiger partial charge in [-0.3, -0.25) is 4.90 Å². The van der Waals surface area contributed by atoms with Crippen molar-refractivity contribution in [1.82, 2.24) is 24.6 Å². The molecule has 0 aliphatic carbocycles. The molecule has 2 aromatic heterocycles. The van der Waals surface area contributed by atoms with E-state index in [-0.39, 0.29) is 11.6 Å². The second kappa shape index (κ2) is 6.93. The Bertz CT molecular complexity index is 898. The third-order valence-corrected chi connectivity index (χ3v) is 5.56. The zero-order valence-corrected chi connectivity index (χ0v) is 15.0. The van der Waals surface area contributed by atoms with Gasteiger partial charge in [0.15, 0.2) is 0 Å². The van der Waals surface area contributed by atoms with E-state index in [0.29, 0.717) is 0 Å². The largest absolute Gasteiger partial charge is 0.347 e. The van der Waals surface area contributed by atoms with Crippen LogP contribution < -0.4 is 5.69 Å². The molecule has 1 aliphatic heterocycles. The Hall–Kier alpha value is -2.25. The number of H-pyrrole nitrogens is 1. The van der Waals surface area contributed by atoms with E-state index in [0.717, 1.165) is 54.7 Å². The molecule has 0 saturated carbocycles. The lowest BCUT2D eigenvalue weighted by Crippen LogP contribution is -2.35. The van der Waals surface area contributed by atoms with Crippen molar-refractivity contribution in [2.45, 2.75) is 32.2 Å². The zero-order chi connectivity index (χ0) is 17.2. The summed E-state index contributed by atoms with van der Waals surface area (Å²) in [6.45, 7) is 4.86. The number of aromatic nitrogens is 4. The van der Waals surface area contributed by atoms with E-state index in [2.05, 4.69) is 25.5 Å². The molecule has 130 valence electrons. The third-order valence-electron chi connectivity index (χ3n) is 4.61. The Labute approximate surface area is 150 Å². The molecule has 1 N–H and O–H groups in total. The van der Waals surface area contributed by atoms with Crippen molar-refractivity contribution in [2.75, 3.05) is 13.1 Å². The molecule has 1 aliphatic rings. The van der Waals surface area contributed by atoms with Gasteiger partial charge in [0.25, 0.3) is 0 Å². The van der Waals surface area contributed by atoms with Crippen LogP contribution >= 0.6 is 11.3 Å². The summed E-state index contributed by atoms with van der Waals surface area (Å²) < 4.78 is 1.71. The van der Waals surface area contributed by atoms with E-state index in [1.54, 1.807) is 15.9 Å². The Kier molecular flexibility index (Phi) is 4.50. The number of benzene rings is 1. The SMILES string of the molecule is Cc1csc(CN2CCCC(c3n[nH]c(=O)n3-c3ccccc3)C2)n1. The molecule has 1 aromatic carbocycles. The highest BCUT2D eigenvalue weighted by Crippen LogP contribution is 2.27. The highest BCUT2D eigenvalue weighted by atomic mass is 32.1. The van der Waals surface area contributed by atoms with Crippen LogP contribution in [0.25, 0.3) is 5.69 Å². The first kappa shape index (κ1) is 16.2. The summed E-state index contributed by atoms with van der Waals surface area (Å²) >= 11 is 1.71. The highest BCUT2D eigenvalue weighted by Gasteiger charge is 2.27. The second-order valence-corrected chi connectivity index (χ2v) is 7.46. The summed E-state index contributed by atoms with van der Waals surface area (Å²) in [4.78, 5) is 19.3. The van der Waals surface area contributed by atoms with Crippen molar-refractivity contribution in [3.05, 3.63) is 62.7 Å². The number of nitrogens with zero attached hydrogens (tertiary/aromatic N) is 4. The van der Waals surface area contributed by atoms with Gasteiger partial charge in [-0.1, -0.05) is 18.2 Å². The molecule has 0 spiro atoms. The van der Waals surface area contributed by atoms with Crippen LogP contribution in [0.5, 0.6) is 0 Å². The molecule has 0 amide bonds. The number of rotatable bonds is 4. The lowest BCUT2D eigenvalue weighted by molar-refractivity contribution is 0.195. The Morgan fingerprint density at radius 3 is 2.92 bits per heavy atom. The number of thiazole rings is 1. The van der Waals surface area contributed by atoms with Crippen LogP contribution in [0.1, 0.15) is 35.3 Å². The van der Waals surface area contributed by atoms with Crippen molar-refractivity contribution in [1.29, 1.82) is 0 Å². The number of hydrogen-bond acceptors (Lipinski definition) is 5. The van der Waals surface area contributed by atoms with Crippen molar-refractivity contribution in [3.63, 3.8) is 0 Å². The lowest BCUT2D eigenvalue weighted by Gasteiger charge is -2.31. The summed E-state index contributed by atoms with van der Waals surface area (Å²) in [5.41, 5.74) is 1.77. The van der Waals surface area contributed by atoms with E-state index in [1.807, 2.05) is 37.3 Å². The summed E-state index contributed by atoms with van der Waals surface area (Å²) in [5.74, 6) is 1.07. The number of piperidine rings is 1. The molecule has 3 heterocycles. The molecule has 1 atom stereocenters. The van der Waals surface area contributed by atoms with Crippen LogP contribution in [0.2, 0.25) is 0 Å². The minimum atomic E-state index is -0.172. The first-order valence-electron chi connectivity index (χ1n) is 8.57. The number of aryl methyl sites for hydroxylation is 1. The van der Waals surface area contributed by atoms with E-state index >= 15 is 0 Å². The van der Waals surface area contributed by atoms with Gasteiger partial charge in [0.2, 0.25) is 0 Å². The van der Waals surface area contributed by atoms with Crippen molar-refractivity contribution < 1.29 is 0 Å². The van der Waals surface area contributed by atoms with Gasteiger partial charge >= 0.3 is 5.69 Å². The standard InChI is InChI=1S/C18H21N5OS/c1-13-12-25-16(19-13)11-22-9-5-6-14(10-22)17-20-21-18(24)23(17)15-7-3-2-4-8-15/h2-4,7-8,12,14H,5-6,9-11H2,1H3,(H,21,24). The molecule has 7 heteroatoms. The third kappa shape index (κ3) is 3.43. The molecular weight excluding hydrogens is 334 g/mol. The molecule has 0 bridgehead atoms. The van der Waals surface area contributed by atoms with Crippen molar-refractivity contribution in [3.8, 4) is 5.69 Å². The predicted octanol–water partition coefficient (Wildman–Crippen LogP) is 2.71. The smallest absolute Gasteiger partial charge is 0.296 e. The average Bonchev–Trinajstić information content (AvgIpc) is 3.21. The number of para-hydroxylation sites is 1. The predicted molar refractivity (Wildman–Crippen MR) is 98.3 cm³/mol. The fourth-order valence-electron chi connectivity index (χ4n) is 3.49. The molecule has 4 rings (SSSR count). The highest BCUT2D eigenvalue weighted by molar-refractivity contribution is 7.09. The fourth-order valence-corrected chi connectivity index (χ4v) is 4.30. The number of hydrogen-bond donors (Lipinski definition) is 1. The minimum absolute atomic E-state index is 0.172. The van der Waals surface area contributed by atoms with Gasteiger partial charge in [-0.25, -0.2) is 19.4 Å². The molecule has 0 radical (unpaired) electrons. The van der Waals surface area contributed by atoms with E-state index in [1.165, 1.54) is 0 Å². The van der Waals surface area contributed by atoms with Gasteiger partial charge in [-0.05, 0) is 38.4 Å². The van der Waals surface area contributed by atoms with Gasteiger partial charge in [-0.2, -0.15) is 5.10 Å². The van der Waals surface area contributed by atoms with Crippen molar-refractivity contribution >= 4 is 11.3 Å². The van der Waals surface area contributed by atoms with Gasteiger partial charge in [0.05, 0.1) is 12.2 Å². The number of nitrogens with one attached hydrogen (secondary N) is 1. The number of aromatic amines is 1. The van der Waals surface area contributed by atoms with Crippen LogP contribution in [0, 0.1) is 6.92 Å². The van der Waals surface area contributed by atoms with Crippen molar-refractivity contribution in [2.24, 2.45) is 0 Å². The van der Waals surface area contributed by atoms with Crippen LogP contribution in [-0.4, -0.2) is 37.7 Å². The van der Waals surface area contributed by atoms with Crippen LogP contribution in [0.15, 0.2) is 40.5 Å². The first-order valence-corrected chi connectivity index (χ1v) is 9.45. The van der Waals surface area contributed by atoms with Crippen LogP contribution in [0.3, 0.4) is 0 Å². The molecule has 1 saturated heterocycles. The van der Waals surface area contributed by atoms with Crippen LogP contribution in [0.4, 0.5) is 0 Å². The summed E-state index contributed by atoms with van der Waals surface area (Å²) in [6, 6.07) is 9.72. The Morgan fingerprint density at radius 1 is 1.32 bits per heavy atom. The number of likely N-dealkylation sites (tertiary alicyclic amines) is 1. The maximum atomic E-state index is 12.3. The molecule has 6 nitrogen and oxygen atoms in total. The first-order chi connectivity index (χ1) is 12.2. The van der Waals surface area contributed by atoms with Gasteiger partial charge in [0.1, 0.15) is 10.8 Å². The summed E-state index contributed by atoms with van der Waals surface area (Å²) in [5, 5.41) is 10.2. The average molecular weight is 355 g/mol. The molecule has 25 heavy (non-hydrogen) atoms. The van der Waals surface area contributed by atoms with E-state index in [9.17, 15) is 4.79 Å².